The minimum atomic E-state index is 0.676. The van der Waals surface area contributed by atoms with Crippen molar-refractivity contribution in [1.82, 2.24) is 9.88 Å². The zero-order valence-corrected chi connectivity index (χ0v) is 9.44. The average Bonchev–Trinajstić information content (AvgIpc) is 2.68. The smallest absolute Gasteiger partial charge is 0.207 e. The van der Waals surface area contributed by atoms with Gasteiger partial charge in [-0.15, -0.1) is 0 Å². The lowest BCUT2D eigenvalue weighted by atomic mass is 10.2. The van der Waals surface area contributed by atoms with Crippen LogP contribution in [0.4, 0.5) is 0 Å². The zero-order valence-electron chi connectivity index (χ0n) is 9.44. The first kappa shape index (κ1) is 10.7. The Morgan fingerprint density at radius 2 is 2.19 bits per heavy atom. The third-order valence-corrected chi connectivity index (χ3v) is 2.82. The minimum absolute atomic E-state index is 0.676. The van der Waals surface area contributed by atoms with E-state index in [1.54, 1.807) is 0 Å². The summed E-state index contributed by atoms with van der Waals surface area (Å²) in [6.07, 6.45) is 1.76. The molecule has 1 aromatic carbocycles. The van der Waals surface area contributed by atoms with Gasteiger partial charge in [-0.2, -0.15) is 0 Å². The molecule has 3 nitrogen and oxygen atoms in total. The fraction of sp³-hybridized carbons (Fsp3) is 0.308. The number of aryl methyl sites for hydroxylation is 1. The molecule has 1 amide bonds. The summed E-state index contributed by atoms with van der Waals surface area (Å²) in [7, 11) is 0. The van der Waals surface area contributed by atoms with Crippen LogP contribution in [0.25, 0.3) is 10.9 Å². The first-order valence-electron chi connectivity index (χ1n) is 5.61. The number of nitrogens with zero attached hydrogens (tertiary/aromatic N) is 1. The number of hydrogen-bond acceptors (Lipinski definition) is 1. The summed E-state index contributed by atoms with van der Waals surface area (Å²) in [6, 6.07) is 10.6. The van der Waals surface area contributed by atoms with Gasteiger partial charge in [0.15, 0.2) is 0 Å². The molecule has 0 atom stereocenters. The highest BCUT2D eigenvalue weighted by atomic mass is 16.1. The van der Waals surface area contributed by atoms with Gasteiger partial charge >= 0.3 is 0 Å². The summed E-state index contributed by atoms with van der Waals surface area (Å²) in [5.74, 6) is 0. The lowest BCUT2D eigenvalue weighted by Gasteiger charge is -2.08. The van der Waals surface area contributed by atoms with Crippen molar-refractivity contribution < 1.29 is 4.79 Å². The third kappa shape index (κ3) is 1.94. The molecule has 84 valence electrons. The summed E-state index contributed by atoms with van der Waals surface area (Å²) >= 11 is 0. The van der Waals surface area contributed by atoms with E-state index in [9.17, 15) is 4.79 Å². The Hall–Kier alpha value is -1.77. The van der Waals surface area contributed by atoms with Gasteiger partial charge in [-0.25, -0.2) is 0 Å². The number of nitrogens with one attached hydrogen (secondary N) is 1. The van der Waals surface area contributed by atoms with E-state index < -0.39 is 0 Å². The number of carbonyl (C=O) groups is 1. The Labute approximate surface area is 95.1 Å². The van der Waals surface area contributed by atoms with Gasteiger partial charge < -0.3 is 9.88 Å². The molecule has 3 heteroatoms. The Bertz CT molecular complexity index is 488. The number of amides is 1. The van der Waals surface area contributed by atoms with E-state index in [0.29, 0.717) is 6.54 Å². The van der Waals surface area contributed by atoms with Crippen LogP contribution in [0.3, 0.4) is 0 Å². The standard InChI is InChI=1S/C13H16N2O/c1-2-12-9-11-5-3-4-6-13(11)15(12)8-7-14-10-16/h3-6,9-10H,2,7-8H2,1H3,(H,14,16). The van der Waals surface area contributed by atoms with Gasteiger partial charge in [-0.3, -0.25) is 4.79 Å². The first-order chi connectivity index (χ1) is 7.86. The molecule has 1 aromatic heterocycles. The van der Waals surface area contributed by atoms with Crippen molar-refractivity contribution in [1.29, 1.82) is 0 Å². The number of para-hydroxylation sites is 1. The van der Waals surface area contributed by atoms with Gasteiger partial charge in [0.25, 0.3) is 0 Å². The van der Waals surface area contributed by atoms with Gasteiger partial charge in [0.2, 0.25) is 6.41 Å². The SMILES string of the molecule is CCc1cc2ccccc2n1CCNC=O. The largest absolute Gasteiger partial charge is 0.357 e. The van der Waals surface area contributed by atoms with Gasteiger partial charge in [-0.1, -0.05) is 25.1 Å². The topological polar surface area (TPSA) is 34.0 Å². The summed E-state index contributed by atoms with van der Waals surface area (Å²) < 4.78 is 2.27. The molecule has 0 saturated heterocycles. The van der Waals surface area contributed by atoms with E-state index in [4.69, 9.17) is 0 Å². The predicted octanol–water partition coefficient (Wildman–Crippen LogP) is 1.95. The molecule has 0 spiro atoms. The highest BCUT2D eigenvalue weighted by Crippen LogP contribution is 2.19. The second-order valence-corrected chi connectivity index (χ2v) is 3.77. The molecular formula is C13H16N2O. The number of aromatic nitrogens is 1. The molecule has 0 unspecified atom stereocenters. The summed E-state index contributed by atoms with van der Waals surface area (Å²) in [4.78, 5) is 10.2. The molecular weight excluding hydrogens is 200 g/mol. The lowest BCUT2D eigenvalue weighted by molar-refractivity contribution is -0.109. The first-order valence-corrected chi connectivity index (χ1v) is 5.61. The van der Waals surface area contributed by atoms with Crippen LogP contribution < -0.4 is 5.32 Å². The Morgan fingerprint density at radius 1 is 1.38 bits per heavy atom. The van der Waals surface area contributed by atoms with Crippen LogP contribution in [-0.2, 0) is 17.8 Å². The van der Waals surface area contributed by atoms with E-state index in [0.717, 1.165) is 19.4 Å². The Morgan fingerprint density at radius 3 is 2.94 bits per heavy atom. The van der Waals surface area contributed by atoms with Crippen LogP contribution in [0, 0.1) is 0 Å². The fourth-order valence-corrected chi connectivity index (χ4v) is 2.06. The summed E-state index contributed by atoms with van der Waals surface area (Å²) in [5.41, 5.74) is 2.56. The second-order valence-electron chi connectivity index (χ2n) is 3.77. The van der Waals surface area contributed by atoms with Crippen molar-refractivity contribution in [3.63, 3.8) is 0 Å². The van der Waals surface area contributed by atoms with Gasteiger partial charge in [0.1, 0.15) is 0 Å². The van der Waals surface area contributed by atoms with Crippen molar-refractivity contribution in [2.24, 2.45) is 0 Å². The minimum Gasteiger partial charge on any atom is -0.357 e. The van der Waals surface area contributed by atoms with Crippen molar-refractivity contribution in [3.05, 3.63) is 36.0 Å². The molecule has 0 aliphatic carbocycles. The van der Waals surface area contributed by atoms with E-state index in [1.807, 2.05) is 6.07 Å². The maximum absolute atomic E-state index is 10.2. The number of fused-ring (bicyclic) bond motifs is 1. The Balaban J connectivity index is 2.35. The van der Waals surface area contributed by atoms with Crippen LogP contribution in [0.2, 0.25) is 0 Å². The molecule has 0 aliphatic rings. The highest BCUT2D eigenvalue weighted by molar-refractivity contribution is 5.81. The van der Waals surface area contributed by atoms with E-state index in [2.05, 4.69) is 41.1 Å². The number of rotatable bonds is 5. The van der Waals surface area contributed by atoms with Crippen molar-refractivity contribution in [3.8, 4) is 0 Å². The number of hydrogen-bond donors (Lipinski definition) is 1. The highest BCUT2D eigenvalue weighted by Gasteiger charge is 2.05. The maximum Gasteiger partial charge on any atom is 0.207 e. The number of carbonyl (C=O) groups excluding carboxylic acids is 1. The molecule has 1 N–H and O–H groups in total. The average molecular weight is 216 g/mol. The fourth-order valence-electron chi connectivity index (χ4n) is 2.06. The third-order valence-electron chi connectivity index (χ3n) is 2.82. The maximum atomic E-state index is 10.2. The van der Waals surface area contributed by atoms with Gasteiger partial charge in [0, 0.05) is 24.3 Å². The van der Waals surface area contributed by atoms with Gasteiger partial charge in [-0.05, 0) is 23.9 Å². The molecule has 1 heterocycles. The molecule has 2 rings (SSSR count). The second kappa shape index (κ2) is 4.84. The summed E-state index contributed by atoms with van der Waals surface area (Å²) in [6.45, 7) is 3.66. The van der Waals surface area contributed by atoms with Crippen LogP contribution in [0.15, 0.2) is 30.3 Å². The van der Waals surface area contributed by atoms with Crippen LogP contribution in [0.1, 0.15) is 12.6 Å². The van der Waals surface area contributed by atoms with Gasteiger partial charge in [0.05, 0.1) is 0 Å². The molecule has 0 aliphatic heterocycles. The van der Waals surface area contributed by atoms with E-state index in [1.165, 1.54) is 16.6 Å². The Kier molecular flexibility index (Phi) is 3.25. The molecule has 0 fully saturated rings. The zero-order chi connectivity index (χ0) is 11.4. The number of benzene rings is 1. The van der Waals surface area contributed by atoms with Crippen molar-refractivity contribution in [2.45, 2.75) is 19.9 Å². The molecule has 0 radical (unpaired) electrons. The normalized spacial score (nSPS) is 10.6. The van der Waals surface area contributed by atoms with Crippen LogP contribution in [-0.4, -0.2) is 17.5 Å². The molecule has 2 aromatic rings. The summed E-state index contributed by atoms with van der Waals surface area (Å²) in [5, 5.41) is 3.97. The molecule has 16 heavy (non-hydrogen) atoms. The van der Waals surface area contributed by atoms with Crippen molar-refractivity contribution >= 4 is 17.3 Å². The lowest BCUT2D eigenvalue weighted by Crippen LogP contribution is -2.18. The predicted molar refractivity (Wildman–Crippen MR) is 65.4 cm³/mol. The molecule has 0 bridgehead atoms. The van der Waals surface area contributed by atoms with Crippen LogP contribution in [0.5, 0.6) is 0 Å². The van der Waals surface area contributed by atoms with Crippen molar-refractivity contribution in [2.75, 3.05) is 6.54 Å². The van der Waals surface area contributed by atoms with E-state index in [-0.39, 0.29) is 0 Å². The van der Waals surface area contributed by atoms with E-state index >= 15 is 0 Å². The molecule has 0 saturated carbocycles. The quantitative estimate of drug-likeness (QED) is 0.601. The monoisotopic (exact) mass is 216 g/mol. The van der Waals surface area contributed by atoms with Crippen LogP contribution >= 0.6 is 0 Å².